The second-order valence-electron chi connectivity index (χ2n) is 5.25. The molecule has 1 heterocycles. The highest BCUT2D eigenvalue weighted by Crippen LogP contribution is 2.33. The van der Waals surface area contributed by atoms with E-state index in [1.165, 1.54) is 12.7 Å². The van der Waals surface area contributed by atoms with Crippen molar-refractivity contribution >= 4 is 5.97 Å². The Bertz CT molecular complexity index is 489. The maximum atomic E-state index is 11.5. The van der Waals surface area contributed by atoms with Gasteiger partial charge in [-0.05, 0) is 44.5 Å². The first-order chi connectivity index (χ1) is 9.56. The molecule has 5 heteroatoms. The number of carbonyl (C=O) groups is 1. The van der Waals surface area contributed by atoms with Crippen molar-refractivity contribution in [3.63, 3.8) is 0 Å². The minimum Gasteiger partial charge on any atom is -0.469 e. The van der Waals surface area contributed by atoms with Crippen LogP contribution in [-0.4, -0.2) is 32.5 Å². The standard InChI is InChI=1S/C15H21NO4/c1-15(16-2,9-14(17)18-3)7-6-11-4-5-12-13(8-11)20-10-19-12/h4-5,8,16H,6-7,9-10H2,1-3H3. The summed E-state index contributed by atoms with van der Waals surface area (Å²) in [5.41, 5.74) is 0.893. The molecule has 2 rings (SSSR count). The summed E-state index contributed by atoms with van der Waals surface area (Å²) in [6.45, 7) is 2.31. The second kappa shape index (κ2) is 6.13. The van der Waals surface area contributed by atoms with Crippen LogP contribution < -0.4 is 14.8 Å². The quantitative estimate of drug-likeness (QED) is 0.806. The van der Waals surface area contributed by atoms with Crippen LogP contribution in [0.15, 0.2) is 18.2 Å². The Morgan fingerprint density at radius 3 is 2.85 bits per heavy atom. The molecule has 1 atom stereocenters. The maximum Gasteiger partial charge on any atom is 0.307 e. The summed E-state index contributed by atoms with van der Waals surface area (Å²) < 4.78 is 15.4. The normalized spacial score (nSPS) is 15.8. The van der Waals surface area contributed by atoms with Gasteiger partial charge < -0.3 is 19.5 Å². The van der Waals surface area contributed by atoms with Crippen LogP contribution in [0.3, 0.4) is 0 Å². The molecule has 0 radical (unpaired) electrons. The predicted octanol–water partition coefficient (Wildman–Crippen LogP) is 1.89. The lowest BCUT2D eigenvalue weighted by Gasteiger charge is -2.28. The number of rotatable bonds is 6. The van der Waals surface area contributed by atoms with Gasteiger partial charge in [0.1, 0.15) is 0 Å². The molecule has 1 aliphatic rings. The summed E-state index contributed by atoms with van der Waals surface area (Å²) in [5.74, 6) is 1.38. The Morgan fingerprint density at radius 2 is 2.15 bits per heavy atom. The van der Waals surface area contributed by atoms with Crippen molar-refractivity contribution in [3.05, 3.63) is 23.8 Å². The molecule has 110 valence electrons. The minimum absolute atomic E-state index is 0.201. The molecule has 0 fully saturated rings. The van der Waals surface area contributed by atoms with E-state index in [1.54, 1.807) is 0 Å². The first-order valence-electron chi connectivity index (χ1n) is 6.70. The highest BCUT2D eigenvalue weighted by molar-refractivity contribution is 5.70. The Balaban J connectivity index is 1.97. The van der Waals surface area contributed by atoms with E-state index < -0.39 is 0 Å². The number of esters is 1. The van der Waals surface area contributed by atoms with Gasteiger partial charge in [0.25, 0.3) is 0 Å². The van der Waals surface area contributed by atoms with Crippen molar-refractivity contribution in [2.24, 2.45) is 0 Å². The Labute approximate surface area is 119 Å². The van der Waals surface area contributed by atoms with Crippen molar-refractivity contribution in [1.29, 1.82) is 0 Å². The summed E-state index contributed by atoms with van der Waals surface area (Å²) in [6.07, 6.45) is 2.04. The van der Waals surface area contributed by atoms with E-state index in [0.717, 1.165) is 24.3 Å². The molecule has 0 aliphatic carbocycles. The topological polar surface area (TPSA) is 56.8 Å². The van der Waals surface area contributed by atoms with Gasteiger partial charge >= 0.3 is 5.97 Å². The maximum absolute atomic E-state index is 11.5. The van der Waals surface area contributed by atoms with Crippen LogP contribution in [0.1, 0.15) is 25.3 Å². The summed E-state index contributed by atoms with van der Waals surface area (Å²) in [5, 5.41) is 3.21. The third-order valence-electron chi connectivity index (χ3n) is 3.77. The van der Waals surface area contributed by atoms with Gasteiger partial charge in [0, 0.05) is 5.54 Å². The molecule has 1 unspecified atom stereocenters. The number of benzene rings is 1. The van der Waals surface area contributed by atoms with Crippen LogP contribution >= 0.6 is 0 Å². The number of fused-ring (bicyclic) bond motifs is 1. The Kier molecular flexibility index (Phi) is 4.49. The first-order valence-corrected chi connectivity index (χ1v) is 6.70. The van der Waals surface area contributed by atoms with Crippen molar-refractivity contribution in [1.82, 2.24) is 5.32 Å². The molecule has 0 saturated carbocycles. The van der Waals surface area contributed by atoms with E-state index in [2.05, 4.69) is 5.32 Å². The van der Waals surface area contributed by atoms with Gasteiger partial charge in [-0.3, -0.25) is 4.79 Å². The van der Waals surface area contributed by atoms with E-state index in [0.29, 0.717) is 6.42 Å². The monoisotopic (exact) mass is 279 g/mol. The van der Waals surface area contributed by atoms with E-state index in [9.17, 15) is 4.79 Å². The van der Waals surface area contributed by atoms with Crippen LogP contribution in [0.25, 0.3) is 0 Å². The molecule has 0 spiro atoms. The van der Waals surface area contributed by atoms with Crippen molar-refractivity contribution in [3.8, 4) is 11.5 Å². The zero-order valence-corrected chi connectivity index (χ0v) is 12.2. The van der Waals surface area contributed by atoms with E-state index in [-0.39, 0.29) is 18.3 Å². The molecule has 0 bridgehead atoms. The SMILES string of the molecule is CNC(C)(CCc1ccc2c(c1)OCO2)CC(=O)OC. The Morgan fingerprint density at radius 1 is 1.40 bits per heavy atom. The van der Waals surface area contributed by atoms with Crippen LogP contribution in [0.4, 0.5) is 0 Å². The molecular weight excluding hydrogens is 258 g/mol. The van der Waals surface area contributed by atoms with Gasteiger partial charge in [0.05, 0.1) is 13.5 Å². The second-order valence-corrected chi connectivity index (χ2v) is 5.25. The molecule has 5 nitrogen and oxygen atoms in total. The van der Waals surface area contributed by atoms with Gasteiger partial charge in [-0.1, -0.05) is 6.07 Å². The smallest absolute Gasteiger partial charge is 0.307 e. The molecule has 0 aromatic heterocycles. The van der Waals surface area contributed by atoms with Crippen LogP contribution in [-0.2, 0) is 16.0 Å². The highest BCUT2D eigenvalue weighted by atomic mass is 16.7. The van der Waals surface area contributed by atoms with Crippen molar-refractivity contribution < 1.29 is 19.0 Å². The number of hydrogen-bond donors (Lipinski definition) is 1. The molecule has 1 N–H and O–H groups in total. The third kappa shape index (κ3) is 3.42. The largest absolute Gasteiger partial charge is 0.469 e. The predicted molar refractivity (Wildman–Crippen MR) is 75.0 cm³/mol. The van der Waals surface area contributed by atoms with Gasteiger partial charge in [-0.15, -0.1) is 0 Å². The molecule has 0 saturated heterocycles. The molecule has 1 aromatic rings. The lowest BCUT2D eigenvalue weighted by molar-refractivity contribution is -0.142. The van der Waals surface area contributed by atoms with E-state index in [4.69, 9.17) is 14.2 Å². The van der Waals surface area contributed by atoms with Gasteiger partial charge in [0.15, 0.2) is 11.5 Å². The molecule has 1 aromatic carbocycles. The fourth-order valence-corrected chi connectivity index (χ4v) is 2.21. The average molecular weight is 279 g/mol. The van der Waals surface area contributed by atoms with Crippen LogP contribution in [0.2, 0.25) is 0 Å². The zero-order chi connectivity index (χ0) is 14.6. The van der Waals surface area contributed by atoms with Gasteiger partial charge in [0.2, 0.25) is 6.79 Å². The molecular formula is C15H21NO4. The highest BCUT2D eigenvalue weighted by Gasteiger charge is 2.26. The summed E-state index contributed by atoms with van der Waals surface area (Å²) in [4.78, 5) is 11.5. The minimum atomic E-state index is -0.274. The number of ether oxygens (including phenoxy) is 3. The molecule has 20 heavy (non-hydrogen) atoms. The lowest BCUT2D eigenvalue weighted by Crippen LogP contribution is -2.42. The summed E-state index contributed by atoms with van der Waals surface area (Å²) in [7, 11) is 3.28. The molecule has 1 aliphatic heterocycles. The van der Waals surface area contributed by atoms with Crippen molar-refractivity contribution in [2.75, 3.05) is 21.0 Å². The van der Waals surface area contributed by atoms with Gasteiger partial charge in [-0.25, -0.2) is 0 Å². The summed E-state index contributed by atoms with van der Waals surface area (Å²) >= 11 is 0. The van der Waals surface area contributed by atoms with E-state index in [1.807, 2.05) is 32.2 Å². The number of nitrogens with one attached hydrogen (secondary N) is 1. The summed E-state index contributed by atoms with van der Waals surface area (Å²) in [6, 6.07) is 5.95. The number of carbonyl (C=O) groups excluding carboxylic acids is 1. The van der Waals surface area contributed by atoms with E-state index >= 15 is 0 Å². The van der Waals surface area contributed by atoms with Crippen LogP contribution in [0, 0.1) is 0 Å². The lowest BCUT2D eigenvalue weighted by atomic mass is 9.90. The first kappa shape index (κ1) is 14.7. The van der Waals surface area contributed by atoms with Crippen LogP contribution in [0.5, 0.6) is 11.5 Å². The molecule has 0 amide bonds. The number of methoxy groups -OCH3 is 1. The van der Waals surface area contributed by atoms with Crippen molar-refractivity contribution in [2.45, 2.75) is 31.7 Å². The van der Waals surface area contributed by atoms with Gasteiger partial charge in [-0.2, -0.15) is 0 Å². The fraction of sp³-hybridized carbons (Fsp3) is 0.533. The number of aryl methyl sites for hydroxylation is 1. The average Bonchev–Trinajstić information content (AvgIpc) is 2.92. The Hall–Kier alpha value is -1.75. The zero-order valence-electron chi connectivity index (χ0n) is 12.2. The third-order valence-corrected chi connectivity index (χ3v) is 3.77. The fourth-order valence-electron chi connectivity index (χ4n) is 2.21. The number of hydrogen-bond acceptors (Lipinski definition) is 5.